The van der Waals surface area contributed by atoms with Crippen LogP contribution in [0.4, 0.5) is 0 Å². The van der Waals surface area contributed by atoms with Gasteiger partial charge in [0.05, 0.1) is 14.2 Å². The molecule has 3 aromatic carbocycles. The molecule has 0 spiro atoms. The van der Waals surface area contributed by atoms with E-state index in [0.29, 0.717) is 18.4 Å². The second-order valence-electron chi connectivity index (χ2n) is 7.25. The summed E-state index contributed by atoms with van der Waals surface area (Å²) in [6.07, 6.45) is 1.16. The highest BCUT2D eigenvalue weighted by Crippen LogP contribution is 2.54. The smallest absolute Gasteiger partial charge is 0.249 e. The van der Waals surface area contributed by atoms with Crippen LogP contribution in [-0.4, -0.2) is 25.3 Å². The molecule has 0 aliphatic rings. The molecule has 0 fully saturated rings. The Bertz CT molecular complexity index is 1070. The normalized spacial score (nSPS) is 12.6. The molecule has 0 saturated carbocycles. The van der Waals surface area contributed by atoms with Crippen molar-refractivity contribution in [3.63, 3.8) is 0 Å². The number of carbonyl (C=O) groups is 2. The first-order valence-corrected chi connectivity index (χ1v) is 12.2. The molecular weight excluding hydrogens is 423 g/mol. The van der Waals surface area contributed by atoms with E-state index in [1.807, 2.05) is 32.0 Å². The van der Waals surface area contributed by atoms with Gasteiger partial charge in [0, 0.05) is 10.9 Å². The average Bonchev–Trinajstić information content (AvgIpc) is 2.86. The zero-order valence-corrected chi connectivity index (χ0v) is 19.6. The van der Waals surface area contributed by atoms with Crippen LogP contribution in [0.15, 0.2) is 66.7 Å². The van der Waals surface area contributed by atoms with Gasteiger partial charge in [0.15, 0.2) is 0 Å². The third-order valence-electron chi connectivity index (χ3n) is 5.55. The van der Waals surface area contributed by atoms with Gasteiger partial charge in [-0.25, -0.2) is 0 Å². The lowest BCUT2D eigenvalue weighted by atomic mass is 9.98. The largest absolute Gasteiger partial charge is 0.496 e. The first-order chi connectivity index (χ1) is 15.4. The van der Waals surface area contributed by atoms with Gasteiger partial charge in [-0.3, -0.25) is 9.59 Å². The van der Waals surface area contributed by atoms with Crippen molar-refractivity contribution in [2.45, 2.75) is 26.7 Å². The number of aryl methyl sites for hydroxylation is 2. The number of rotatable bonds is 9. The van der Waals surface area contributed by atoms with Crippen LogP contribution in [0.3, 0.4) is 0 Å². The number of hydrogen-bond donors (Lipinski definition) is 0. The van der Waals surface area contributed by atoms with Crippen molar-refractivity contribution in [3.05, 3.63) is 89.0 Å². The van der Waals surface area contributed by atoms with E-state index in [4.69, 9.17) is 9.47 Å². The van der Waals surface area contributed by atoms with Crippen LogP contribution >= 0.6 is 7.14 Å². The lowest BCUT2D eigenvalue weighted by Gasteiger charge is -2.21. The summed E-state index contributed by atoms with van der Waals surface area (Å²) in [5.74, 6) is 0.413. The molecule has 1 unspecified atom stereocenters. The van der Waals surface area contributed by atoms with Gasteiger partial charge in [-0.2, -0.15) is 0 Å². The monoisotopic (exact) mass is 450 g/mol. The molecule has 0 aliphatic heterocycles. The van der Waals surface area contributed by atoms with Gasteiger partial charge < -0.3 is 14.0 Å². The first kappa shape index (κ1) is 23.5. The minimum absolute atomic E-state index is 0.00469. The molecule has 0 saturated heterocycles. The first-order valence-electron chi connectivity index (χ1n) is 10.5. The summed E-state index contributed by atoms with van der Waals surface area (Å²) in [5, 5.41) is 0.191. The molecule has 0 aromatic heterocycles. The highest BCUT2D eigenvalue weighted by molar-refractivity contribution is 8.01. The number of methoxy groups -OCH3 is 2. The Morgan fingerprint density at radius 2 is 1.16 bits per heavy atom. The van der Waals surface area contributed by atoms with Crippen molar-refractivity contribution in [2.75, 3.05) is 14.2 Å². The van der Waals surface area contributed by atoms with Crippen LogP contribution in [0, 0.1) is 0 Å². The Labute approximate surface area is 188 Å². The molecule has 0 N–H and O–H groups in total. The fourth-order valence-corrected chi connectivity index (χ4v) is 6.24. The van der Waals surface area contributed by atoms with Gasteiger partial charge in [-0.05, 0) is 36.1 Å². The summed E-state index contributed by atoms with van der Waals surface area (Å²) in [7, 11) is -1.46. The minimum atomic E-state index is -4.30. The molecule has 0 heterocycles. The van der Waals surface area contributed by atoms with Crippen molar-refractivity contribution >= 4 is 23.5 Å². The SMILES string of the molecule is CCc1cccc(CC)c1C(=O)P(=O)(C(=O)c1c(OC)cccc1OC)c1ccccc1. The Morgan fingerprint density at radius 3 is 1.62 bits per heavy atom. The van der Waals surface area contributed by atoms with E-state index in [9.17, 15) is 14.2 Å². The molecule has 5 nitrogen and oxygen atoms in total. The van der Waals surface area contributed by atoms with Gasteiger partial charge in [-0.1, -0.05) is 68.4 Å². The second kappa shape index (κ2) is 9.97. The number of ether oxygens (including phenoxy) is 2. The van der Waals surface area contributed by atoms with E-state index in [2.05, 4.69) is 0 Å². The third-order valence-corrected chi connectivity index (χ3v) is 8.16. The van der Waals surface area contributed by atoms with Crippen molar-refractivity contribution in [1.82, 2.24) is 0 Å². The van der Waals surface area contributed by atoms with Gasteiger partial charge >= 0.3 is 0 Å². The van der Waals surface area contributed by atoms with Crippen molar-refractivity contribution in [1.29, 1.82) is 0 Å². The molecule has 0 amide bonds. The van der Waals surface area contributed by atoms with Crippen LogP contribution in [0.2, 0.25) is 0 Å². The Hall–Kier alpha value is -3.17. The highest BCUT2D eigenvalue weighted by Gasteiger charge is 2.46. The highest BCUT2D eigenvalue weighted by atomic mass is 31.2. The summed E-state index contributed by atoms with van der Waals surface area (Å²) < 4.78 is 25.4. The van der Waals surface area contributed by atoms with E-state index in [1.54, 1.807) is 48.5 Å². The molecule has 1 atom stereocenters. The van der Waals surface area contributed by atoms with Crippen molar-refractivity contribution in [3.8, 4) is 11.5 Å². The predicted octanol–water partition coefficient (Wildman–Crippen LogP) is 5.50. The van der Waals surface area contributed by atoms with Crippen molar-refractivity contribution in [2.24, 2.45) is 0 Å². The van der Waals surface area contributed by atoms with Gasteiger partial charge in [0.25, 0.3) is 0 Å². The quantitative estimate of drug-likeness (QED) is 0.403. The van der Waals surface area contributed by atoms with E-state index in [-0.39, 0.29) is 22.4 Å². The number of carbonyl (C=O) groups excluding carboxylic acids is 2. The molecule has 0 aliphatic carbocycles. The summed E-state index contributed by atoms with van der Waals surface area (Å²) in [4.78, 5) is 28.1. The maximum Gasteiger partial charge on any atom is 0.249 e. The van der Waals surface area contributed by atoms with Crippen molar-refractivity contribution < 1.29 is 23.6 Å². The lowest BCUT2D eigenvalue weighted by Crippen LogP contribution is -2.23. The zero-order chi connectivity index (χ0) is 23.3. The van der Waals surface area contributed by atoms with Gasteiger partial charge in [0.1, 0.15) is 17.1 Å². The molecule has 166 valence electrons. The minimum Gasteiger partial charge on any atom is -0.496 e. The molecule has 3 aromatic rings. The maximum absolute atomic E-state index is 14.7. The Balaban J connectivity index is 2.34. The molecule has 3 rings (SSSR count). The van der Waals surface area contributed by atoms with Gasteiger partial charge in [-0.15, -0.1) is 0 Å². The summed E-state index contributed by atoms with van der Waals surface area (Å²) in [5.41, 5.74) is 0.458. The molecule has 32 heavy (non-hydrogen) atoms. The second-order valence-corrected chi connectivity index (χ2v) is 9.80. The third kappa shape index (κ3) is 4.01. The number of hydrogen-bond acceptors (Lipinski definition) is 5. The Morgan fingerprint density at radius 1 is 0.688 bits per heavy atom. The van der Waals surface area contributed by atoms with E-state index in [1.165, 1.54) is 14.2 Å². The molecular formula is C26H27O5P. The molecule has 6 heteroatoms. The van der Waals surface area contributed by atoms with E-state index >= 15 is 0 Å². The van der Waals surface area contributed by atoms with Crippen LogP contribution in [0.1, 0.15) is 45.7 Å². The maximum atomic E-state index is 14.7. The Kier molecular flexibility index (Phi) is 7.32. The van der Waals surface area contributed by atoms with Crippen LogP contribution in [-0.2, 0) is 17.4 Å². The lowest BCUT2D eigenvalue weighted by molar-refractivity contribution is 0.103. The van der Waals surface area contributed by atoms with Crippen LogP contribution in [0.25, 0.3) is 0 Å². The summed E-state index contributed by atoms with van der Waals surface area (Å²) in [6.45, 7) is 3.87. The van der Waals surface area contributed by atoms with E-state index in [0.717, 1.165) is 11.1 Å². The fourth-order valence-electron chi connectivity index (χ4n) is 3.86. The summed E-state index contributed by atoms with van der Waals surface area (Å²) >= 11 is 0. The van der Waals surface area contributed by atoms with Crippen LogP contribution < -0.4 is 14.8 Å². The molecule has 0 radical (unpaired) electrons. The van der Waals surface area contributed by atoms with E-state index < -0.39 is 18.2 Å². The summed E-state index contributed by atoms with van der Waals surface area (Å²) in [6, 6.07) is 18.7. The number of benzene rings is 3. The standard InChI is InChI=1S/C26H27O5P/c1-5-18-12-10-13-19(6-2)23(18)25(27)32(29,20-14-8-7-9-15-20)26(28)24-21(30-3)16-11-17-22(24)31-4/h7-17H,5-6H2,1-4H3. The van der Waals surface area contributed by atoms with Gasteiger partial charge in [0.2, 0.25) is 18.2 Å². The zero-order valence-electron chi connectivity index (χ0n) is 18.8. The molecule has 0 bridgehead atoms. The topological polar surface area (TPSA) is 69.7 Å². The average molecular weight is 450 g/mol. The fraction of sp³-hybridized carbons (Fsp3) is 0.231. The van der Waals surface area contributed by atoms with Crippen LogP contribution in [0.5, 0.6) is 11.5 Å². The predicted molar refractivity (Wildman–Crippen MR) is 127 cm³/mol.